The van der Waals surface area contributed by atoms with Crippen LogP contribution < -0.4 is 5.73 Å². The molecule has 0 amide bonds. The number of halogens is 1. The lowest BCUT2D eigenvalue weighted by Crippen LogP contribution is -2.22. The van der Waals surface area contributed by atoms with Crippen molar-refractivity contribution in [3.05, 3.63) is 23.2 Å². The fraction of sp³-hybridized carbons (Fsp3) is 0.500. The van der Waals surface area contributed by atoms with Crippen LogP contribution in [0.3, 0.4) is 0 Å². The smallest absolute Gasteiger partial charge is 0.201 e. The van der Waals surface area contributed by atoms with Gasteiger partial charge in [-0.15, -0.1) is 0 Å². The second-order valence-electron chi connectivity index (χ2n) is 5.60. The Hall–Kier alpha value is -1.26. The Balaban J connectivity index is 2.32. The van der Waals surface area contributed by atoms with E-state index in [2.05, 4.69) is 18.8 Å². The van der Waals surface area contributed by atoms with Crippen molar-refractivity contribution in [2.75, 3.05) is 19.5 Å². The van der Waals surface area contributed by atoms with E-state index in [0.717, 1.165) is 30.6 Å². The fourth-order valence-corrected chi connectivity index (χ4v) is 2.34. The maximum Gasteiger partial charge on any atom is 0.201 e. The zero-order chi connectivity index (χ0) is 14.0. The number of methoxy groups -OCH3 is 1. The predicted molar refractivity (Wildman–Crippen MR) is 79.4 cm³/mol. The number of aromatic nitrogens is 2. The summed E-state index contributed by atoms with van der Waals surface area (Å²) in [6.45, 7) is 5.95. The van der Waals surface area contributed by atoms with Crippen LogP contribution in [0.4, 0.5) is 5.95 Å². The van der Waals surface area contributed by atoms with E-state index in [1.165, 1.54) is 0 Å². The van der Waals surface area contributed by atoms with Gasteiger partial charge in [0, 0.05) is 25.3 Å². The Labute approximate surface area is 118 Å². The number of hydrogen-bond donors (Lipinski definition) is 1. The number of anilines is 1. The molecule has 0 unspecified atom stereocenters. The summed E-state index contributed by atoms with van der Waals surface area (Å²) in [4.78, 5) is 4.36. The number of nitrogen functional groups attached to an aromatic ring is 1. The maximum absolute atomic E-state index is 6.02. The number of fused-ring (bicyclic) bond motifs is 1. The molecule has 0 radical (unpaired) electrons. The molecular weight excluding hydrogens is 262 g/mol. The van der Waals surface area contributed by atoms with Crippen molar-refractivity contribution in [2.24, 2.45) is 5.41 Å². The largest absolute Gasteiger partial charge is 0.385 e. The second kappa shape index (κ2) is 5.39. The van der Waals surface area contributed by atoms with Crippen LogP contribution >= 0.6 is 11.6 Å². The highest BCUT2D eigenvalue weighted by molar-refractivity contribution is 6.31. The third-order valence-corrected chi connectivity index (χ3v) is 3.54. The summed E-state index contributed by atoms with van der Waals surface area (Å²) in [6, 6.07) is 5.67. The Kier molecular flexibility index (Phi) is 4.02. The highest BCUT2D eigenvalue weighted by Crippen LogP contribution is 2.28. The van der Waals surface area contributed by atoms with Gasteiger partial charge in [0.1, 0.15) is 0 Å². The van der Waals surface area contributed by atoms with Crippen LogP contribution in [0, 0.1) is 5.41 Å². The number of benzene rings is 1. The van der Waals surface area contributed by atoms with Crippen LogP contribution in [-0.2, 0) is 11.3 Å². The van der Waals surface area contributed by atoms with Gasteiger partial charge < -0.3 is 15.0 Å². The molecule has 0 saturated heterocycles. The number of rotatable bonds is 5. The third kappa shape index (κ3) is 3.19. The molecule has 104 valence electrons. The van der Waals surface area contributed by atoms with E-state index in [-0.39, 0.29) is 5.41 Å². The molecule has 0 atom stereocenters. The van der Waals surface area contributed by atoms with Crippen LogP contribution in [-0.4, -0.2) is 23.3 Å². The molecule has 0 spiro atoms. The van der Waals surface area contributed by atoms with E-state index in [0.29, 0.717) is 11.0 Å². The van der Waals surface area contributed by atoms with Gasteiger partial charge in [-0.3, -0.25) is 0 Å². The third-order valence-electron chi connectivity index (χ3n) is 3.31. The highest BCUT2D eigenvalue weighted by Gasteiger charge is 2.21. The van der Waals surface area contributed by atoms with Crippen molar-refractivity contribution in [1.29, 1.82) is 0 Å². The number of nitrogens with two attached hydrogens (primary N) is 1. The Bertz CT molecular complexity index is 577. The van der Waals surface area contributed by atoms with E-state index in [4.69, 9.17) is 22.1 Å². The van der Waals surface area contributed by atoms with Crippen molar-refractivity contribution in [3.8, 4) is 0 Å². The van der Waals surface area contributed by atoms with Gasteiger partial charge in [-0.2, -0.15) is 0 Å². The minimum Gasteiger partial charge on any atom is -0.385 e. The zero-order valence-corrected chi connectivity index (χ0v) is 12.4. The van der Waals surface area contributed by atoms with Gasteiger partial charge >= 0.3 is 0 Å². The van der Waals surface area contributed by atoms with Crippen LogP contribution in [0.5, 0.6) is 0 Å². The van der Waals surface area contributed by atoms with Crippen LogP contribution in [0.2, 0.25) is 5.02 Å². The summed E-state index contributed by atoms with van der Waals surface area (Å²) < 4.78 is 7.20. The average molecular weight is 282 g/mol. The molecule has 0 saturated carbocycles. The molecule has 1 aromatic heterocycles. The van der Waals surface area contributed by atoms with Crippen LogP contribution in [0.15, 0.2) is 18.2 Å². The van der Waals surface area contributed by atoms with Crippen molar-refractivity contribution in [3.63, 3.8) is 0 Å². The molecule has 0 aliphatic heterocycles. The predicted octanol–water partition coefficient (Wildman–Crippen LogP) is 3.33. The highest BCUT2D eigenvalue weighted by atomic mass is 35.5. The molecule has 19 heavy (non-hydrogen) atoms. The molecule has 0 aliphatic rings. The first kappa shape index (κ1) is 14.2. The molecule has 0 fully saturated rings. The lowest BCUT2D eigenvalue weighted by Gasteiger charge is -2.25. The molecule has 1 heterocycles. The van der Waals surface area contributed by atoms with Crippen molar-refractivity contribution < 1.29 is 4.74 Å². The molecule has 5 heteroatoms. The number of ether oxygens (including phenoxy) is 1. The van der Waals surface area contributed by atoms with Crippen molar-refractivity contribution >= 4 is 28.6 Å². The van der Waals surface area contributed by atoms with Crippen molar-refractivity contribution in [1.82, 2.24) is 9.55 Å². The molecule has 0 aliphatic carbocycles. The Morgan fingerprint density at radius 1 is 1.42 bits per heavy atom. The topological polar surface area (TPSA) is 53.1 Å². The van der Waals surface area contributed by atoms with Gasteiger partial charge in [-0.25, -0.2) is 4.98 Å². The van der Waals surface area contributed by atoms with Gasteiger partial charge in [0.15, 0.2) is 0 Å². The van der Waals surface area contributed by atoms with E-state index in [1.54, 1.807) is 7.11 Å². The molecule has 2 aromatic rings. The SMILES string of the molecule is COCCC(C)(C)Cn1c(N)nc2cc(Cl)ccc21. The molecule has 4 nitrogen and oxygen atoms in total. The number of nitrogens with zero attached hydrogens (tertiary/aromatic N) is 2. The molecule has 0 bridgehead atoms. The summed E-state index contributed by atoms with van der Waals surface area (Å²) >= 11 is 5.98. The maximum atomic E-state index is 6.02. The quantitative estimate of drug-likeness (QED) is 0.914. The first-order valence-electron chi connectivity index (χ1n) is 6.33. The lowest BCUT2D eigenvalue weighted by atomic mass is 9.89. The van der Waals surface area contributed by atoms with E-state index < -0.39 is 0 Å². The first-order chi connectivity index (χ1) is 8.93. The molecule has 2 N–H and O–H groups in total. The van der Waals surface area contributed by atoms with Gasteiger partial charge in [0.05, 0.1) is 11.0 Å². The Morgan fingerprint density at radius 2 is 2.16 bits per heavy atom. The van der Waals surface area contributed by atoms with E-state index >= 15 is 0 Å². The zero-order valence-electron chi connectivity index (χ0n) is 11.6. The van der Waals surface area contributed by atoms with Gasteiger partial charge in [-0.1, -0.05) is 25.4 Å². The van der Waals surface area contributed by atoms with Gasteiger partial charge in [0.25, 0.3) is 0 Å². The van der Waals surface area contributed by atoms with Gasteiger partial charge in [0.2, 0.25) is 5.95 Å². The van der Waals surface area contributed by atoms with E-state index in [1.807, 2.05) is 22.8 Å². The standard InChI is InChI=1S/C14H20ClN3O/c1-14(2,6-7-19-3)9-18-12-5-4-10(15)8-11(12)17-13(18)16/h4-5,8H,6-7,9H2,1-3H3,(H2,16,17). The van der Waals surface area contributed by atoms with Crippen molar-refractivity contribution in [2.45, 2.75) is 26.8 Å². The first-order valence-corrected chi connectivity index (χ1v) is 6.71. The minimum absolute atomic E-state index is 0.0946. The average Bonchev–Trinajstić information content (AvgIpc) is 2.62. The second-order valence-corrected chi connectivity index (χ2v) is 6.03. The summed E-state index contributed by atoms with van der Waals surface area (Å²) in [5.41, 5.74) is 7.97. The monoisotopic (exact) mass is 281 g/mol. The molecule has 2 rings (SSSR count). The van der Waals surface area contributed by atoms with Crippen LogP contribution in [0.25, 0.3) is 11.0 Å². The summed E-state index contributed by atoms with van der Waals surface area (Å²) in [5, 5.41) is 0.677. The molecule has 1 aromatic carbocycles. The van der Waals surface area contributed by atoms with Gasteiger partial charge in [-0.05, 0) is 30.0 Å². The summed E-state index contributed by atoms with van der Waals surface area (Å²) in [6.07, 6.45) is 0.968. The van der Waals surface area contributed by atoms with Crippen LogP contribution in [0.1, 0.15) is 20.3 Å². The minimum atomic E-state index is 0.0946. The summed E-state index contributed by atoms with van der Waals surface area (Å²) in [5.74, 6) is 0.530. The molecular formula is C14H20ClN3O. The fourth-order valence-electron chi connectivity index (χ4n) is 2.17. The summed E-state index contributed by atoms with van der Waals surface area (Å²) in [7, 11) is 1.72. The normalized spacial score (nSPS) is 12.2. The lowest BCUT2D eigenvalue weighted by molar-refractivity contribution is 0.143. The number of hydrogen-bond acceptors (Lipinski definition) is 3. The van der Waals surface area contributed by atoms with E-state index in [9.17, 15) is 0 Å². The Morgan fingerprint density at radius 3 is 2.84 bits per heavy atom. The number of imidazole rings is 1.